The third-order valence-electron chi connectivity index (χ3n) is 4.17. The quantitative estimate of drug-likeness (QED) is 0.577. The number of carbonyl (C=O) groups excluding carboxylic acids is 1. The van der Waals surface area contributed by atoms with Crippen molar-refractivity contribution in [1.82, 2.24) is 0 Å². The highest BCUT2D eigenvalue weighted by atomic mass is 16.5. The van der Waals surface area contributed by atoms with Crippen molar-refractivity contribution in [2.24, 2.45) is 11.8 Å². The summed E-state index contributed by atoms with van der Waals surface area (Å²) < 4.78 is 5.63. The molecule has 1 aromatic carbocycles. The molecule has 0 spiro atoms. The zero-order valence-corrected chi connectivity index (χ0v) is 12.5. The third-order valence-corrected chi connectivity index (χ3v) is 4.17. The molecule has 0 saturated heterocycles. The highest BCUT2D eigenvalue weighted by Crippen LogP contribution is 2.25. The van der Waals surface area contributed by atoms with Crippen LogP contribution in [0.1, 0.15) is 42.6 Å². The number of Topliss-reactive ketones (excluding diaryl/α,β-unsaturated/α-hetero) is 1. The molecule has 0 fully saturated rings. The van der Waals surface area contributed by atoms with Gasteiger partial charge in [-0.3, -0.25) is 4.79 Å². The molecule has 2 atom stereocenters. The van der Waals surface area contributed by atoms with Crippen molar-refractivity contribution in [2.75, 3.05) is 13.2 Å². The number of benzene rings is 1. The van der Waals surface area contributed by atoms with E-state index in [2.05, 4.69) is 26.0 Å². The van der Waals surface area contributed by atoms with Crippen LogP contribution in [0.5, 0.6) is 0 Å². The van der Waals surface area contributed by atoms with Crippen LogP contribution in [-0.2, 0) is 11.2 Å². The molecule has 0 aromatic heterocycles. The van der Waals surface area contributed by atoms with Crippen molar-refractivity contribution in [1.29, 1.82) is 0 Å². The Balaban J connectivity index is 1.78. The number of ketones is 1. The lowest BCUT2D eigenvalue weighted by Gasteiger charge is -2.24. The van der Waals surface area contributed by atoms with E-state index in [1.807, 2.05) is 24.3 Å². The second-order valence-corrected chi connectivity index (χ2v) is 5.67. The Kier molecular flexibility index (Phi) is 5.54. The summed E-state index contributed by atoms with van der Waals surface area (Å²) in [5, 5.41) is 0. The molecule has 0 heterocycles. The van der Waals surface area contributed by atoms with Crippen molar-refractivity contribution in [3.63, 3.8) is 0 Å². The van der Waals surface area contributed by atoms with Gasteiger partial charge in [-0.25, -0.2) is 0 Å². The highest BCUT2D eigenvalue weighted by Gasteiger charge is 2.18. The molecule has 2 rings (SSSR count). The van der Waals surface area contributed by atoms with Gasteiger partial charge in [-0.05, 0) is 36.7 Å². The van der Waals surface area contributed by atoms with E-state index in [-0.39, 0.29) is 12.4 Å². The fraction of sp³-hybridized carbons (Fsp3) is 0.500. The summed E-state index contributed by atoms with van der Waals surface area (Å²) in [6, 6.07) is 7.83. The minimum absolute atomic E-state index is 0.0756. The van der Waals surface area contributed by atoms with Crippen LogP contribution in [-0.4, -0.2) is 19.0 Å². The van der Waals surface area contributed by atoms with E-state index in [9.17, 15) is 4.79 Å². The standard InChI is InChI=1S/C18H24O2/c1-3-15-8-10-16(11-9-15)18(19)13-20-12-17-7-5-4-6-14(17)2/h4-5,8-11,14,17H,3,6-7,12-13H2,1-2H3. The number of ether oxygens (including phenoxy) is 1. The Bertz CT molecular complexity index is 459. The van der Waals surface area contributed by atoms with Crippen LogP contribution < -0.4 is 0 Å². The number of aryl methyl sites for hydroxylation is 1. The van der Waals surface area contributed by atoms with Gasteiger partial charge in [0.05, 0.1) is 6.61 Å². The molecule has 0 amide bonds. The number of carbonyl (C=O) groups is 1. The first kappa shape index (κ1) is 15.0. The van der Waals surface area contributed by atoms with Crippen LogP contribution in [0.2, 0.25) is 0 Å². The first-order valence-electron chi connectivity index (χ1n) is 7.55. The van der Waals surface area contributed by atoms with Gasteiger partial charge < -0.3 is 4.74 Å². The maximum Gasteiger partial charge on any atom is 0.188 e. The minimum Gasteiger partial charge on any atom is -0.373 e. The van der Waals surface area contributed by atoms with E-state index < -0.39 is 0 Å². The molecule has 2 unspecified atom stereocenters. The van der Waals surface area contributed by atoms with Crippen molar-refractivity contribution in [3.8, 4) is 0 Å². The topological polar surface area (TPSA) is 26.3 Å². The maximum atomic E-state index is 12.0. The fourth-order valence-electron chi connectivity index (χ4n) is 2.55. The van der Waals surface area contributed by atoms with Gasteiger partial charge in [-0.2, -0.15) is 0 Å². The molecule has 1 aromatic rings. The summed E-state index contributed by atoms with van der Waals surface area (Å²) in [6.45, 7) is 5.24. The smallest absolute Gasteiger partial charge is 0.188 e. The zero-order chi connectivity index (χ0) is 14.4. The summed E-state index contributed by atoms with van der Waals surface area (Å²) in [4.78, 5) is 12.0. The van der Waals surface area contributed by atoms with Crippen molar-refractivity contribution in [3.05, 3.63) is 47.5 Å². The van der Waals surface area contributed by atoms with Crippen LogP contribution >= 0.6 is 0 Å². The fourth-order valence-corrected chi connectivity index (χ4v) is 2.55. The third kappa shape index (κ3) is 4.04. The van der Waals surface area contributed by atoms with Gasteiger partial charge in [0.2, 0.25) is 0 Å². The van der Waals surface area contributed by atoms with E-state index in [1.54, 1.807) is 0 Å². The molecule has 0 bridgehead atoms. The normalized spacial score (nSPS) is 21.9. The van der Waals surface area contributed by atoms with Crippen LogP contribution in [0.15, 0.2) is 36.4 Å². The lowest BCUT2D eigenvalue weighted by Crippen LogP contribution is -2.21. The Morgan fingerprint density at radius 3 is 2.55 bits per heavy atom. The molecular weight excluding hydrogens is 248 g/mol. The second-order valence-electron chi connectivity index (χ2n) is 5.67. The summed E-state index contributed by atoms with van der Waals surface area (Å²) in [6.07, 6.45) is 7.65. The molecule has 0 radical (unpaired) electrons. The van der Waals surface area contributed by atoms with Crippen LogP contribution in [0.4, 0.5) is 0 Å². The largest absolute Gasteiger partial charge is 0.373 e. The number of hydrogen-bond acceptors (Lipinski definition) is 2. The van der Waals surface area contributed by atoms with Gasteiger partial charge in [0.1, 0.15) is 6.61 Å². The van der Waals surface area contributed by atoms with Gasteiger partial charge in [0.25, 0.3) is 0 Å². The molecule has 0 N–H and O–H groups in total. The summed E-state index contributed by atoms with van der Waals surface area (Å²) in [5.74, 6) is 1.28. The molecule has 2 heteroatoms. The molecule has 1 aliphatic rings. The Morgan fingerprint density at radius 2 is 1.90 bits per heavy atom. The second kappa shape index (κ2) is 7.39. The predicted octanol–water partition coefficient (Wildman–Crippen LogP) is 4.05. The lowest BCUT2D eigenvalue weighted by molar-refractivity contribution is 0.0602. The first-order valence-corrected chi connectivity index (χ1v) is 7.55. The van der Waals surface area contributed by atoms with Crippen LogP contribution in [0, 0.1) is 11.8 Å². The minimum atomic E-state index is 0.0756. The average molecular weight is 272 g/mol. The lowest BCUT2D eigenvalue weighted by atomic mass is 9.85. The van der Waals surface area contributed by atoms with E-state index >= 15 is 0 Å². The Morgan fingerprint density at radius 1 is 1.20 bits per heavy atom. The summed E-state index contributed by atoms with van der Waals surface area (Å²) in [7, 11) is 0. The first-order chi connectivity index (χ1) is 9.70. The van der Waals surface area contributed by atoms with Crippen molar-refractivity contribution >= 4 is 5.78 Å². The Hall–Kier alpha value is -1.41. The van der Waals surface area contributed by atoms with Crippen LogP contribution in [0.25, 0.3) is 0 Å². The summed E-state index contributed by atoms with van der Waals surface area (Å²) >= 11 is 0. The van der Waals surface area contributed by atoms with Gasteiger partial charge >= 0.3 is 0 Å². The SMILES string of the molecule is CCc1ccc(C(=O)COCC2CC=CCC2C)cc1. The van der Waals surface area contributed by atoms with Crippen LogP contribution in [0.3, 0.4) is 0 Å². The van der Waals surface area contributed by atoms with E-state index in [4.69, 9.17) is 4.74 Å². The number of rotatable bonds is 6. The molecule has 1 aliphatic carbocycles. The van der Waals surface area contributed by atoms with Gasteiger partial charge in [-0.15, -0.1) is 0 Å². The summed E-state index contributed by atoms with van der Waals surface area (Å²) in [5.41, 5.74) is 2.00. The monoisotopic (exact) mass is 272 g/mol. The average Bonchev–Trinajstić information content (AvgIpc) is 2.49. The number of hydrogen-bond donors (Lipinski definition) is 0. The molecule has 0 saturated carbocycles. The molecule has 108 valence electrons. The maximum absolute atomic E-state index is 12.0. The van der Waals surface area contributed by atoms with Gasteiger partial charge in [0.15, 0.2) is 5.78 Å². The Labute approximate surface area is 121 Å². The molecule has 20 heavy (non-hydrogen) atoms. The van der Waals surface area contributed by atoms with E-state index in [0.29, 0.717) is 18.4 Å². The van der Waals surface area contributed by atoms with Crippen molar-refractivity contribution < 1.29 is 9.53 Å². The number of allylic oxidation sites excluding steroid dienone is 2. The van der Waals surface area contributed by atoms with Gasteiger partial charge in [-0.1, -0.05) is 50.3 Å². The van der Waals surface area contributed by atoms with Gasteiger partial charge in [0, 0.05) is 5.56 Å². The van der Waals surface area contributed by atoms with Crippen molar-refractivity contribution in [2.45, 2.75) is 33.1 Å². The van der Waals surface area contributed by atoms with E-state index in [1.165, 1.54) is 5.56 Å². The molecule has 2 nitrogen and oxygen atoms in total. The molecule has 0 aliphatic heterocycles. The highest BCUT2D eigenvalue weighted by molar-refractivity contribution is 5.97. The zero-order valence-electron chi connectivity index (χ0n) is 12.5. The van der Waals surface area contributed by atoms with E-state index in [0.717, 1.165) is 24.8 Å². The predicted molar refractivity (Wildman–Crippen MR) is 82.0 cm³/mol. The molecular formula is C18H24O2.